The first kappa shape index (κ1) is 27.6. The van der Waals surface area contributed by atoms with Crippen molar-refractivity contribution in [1.82, 2.24) is 15.2 Å². The van der Waals surface area contributed by atoms with Crippen LogP contribution in [0, 0.1) is 18.4 Å². The zero-order valence-corrected chi connectivity index (χ0v) is 22.9. The van der Waals surface area contributed by atoms with Crippen LogP contribution in [0.5, 0.6) is 0 Å². The highest BCUT2D eigenvalue weighted by Gasteiger charge is 2.43. The van der Waals surface area contributed by atoms with Crippen LogP contribution in [-0.4, -0.2) is 51.5 Å². The summed E-state index contributed by atoms with van der Waals surface area (Å²) in [4.78, 5) is 35.5. The summed E-state index contributed by atoms with van der Waals surface area (Å²) in [6.07, 6.45) is 9.84. The number of nitrogens with zero attached hydrogens (tertiary/aromatic N) is 4. The molecule has 1 aromatic carbocycles. The summed E-state index contributed by atoms with van der Waals surface area (Å²) < 4.78 is 0. The highest BCUT2D eigenvalue weighted by atomic mass is 16.3. The Morgan fingerprint density at radius 2 is 1.84 bits per heavy atom. The second kappa shape index (κ2) is 11.5. The zero-order valence-electron chi connectivity index (χ0n) is 22.9. The number of carbonyl (C=O) groups is 2. The lowest BCUT2D eigenvalue weighted by atomic mass is 9.87. The van der Waals surface area contributed by atoms with E-state index >= 15 is 0 Å². The number of nitriles is 1. The molecule has 2 heterocycles. The van der Waals surface area contributed by atoms with E-state index < -0.39 is 24.1 Å². The van der Waals surface area contributed by atoms with Crippen molar-refractivity contribution >= 4 is 17.5 Å². The third kappa shape index (κ3) is 5.99. The standard InChI is InChI=1S/C30H39N5O3/c1-20-14-15-32-17-25(20)27(28(37)33-22-8-6-5-7-9-22)35(23-12-10-21(11-13-23)30(2,3)4)29(38)26-16-24(36)18-34(26)19-31/h10-15,17,22,24,26-27,36H,5-9,16,18H2,1-4H3,(H,33,37)/t24-,26-,27?/m1/s1. The molecule has 38 heavy (non-hydrogen) atoms. The Morgan fingerprint density at radius 1 is 1.16 bits per heavy atom. The lowest BCUT2D eigenvalue weighted by Crippen LogP contribution is -2.52. The van der Waals surface area contributed by atoms with Crippen molar-refractivity contribution in [3.63, 3.8) is 0 Å². The van der Waals surface area contributed by atoms with E-state index in [2.05, 4.69) is 37.3 Å². The average Bonchev–Trinajstić information content (AvgIpc) is 3.28. The van der Waals surface area contributed by atoms with Crippen molar-refractivity contribution in [3.8, 4) is 6.19 Å². The van der Waals surface area contributed by atoms with Crippen molar-refractivity contribution in [1.29, 1.82) is 5.26 Å². The fourth-order valence-electron chi connectivity index (χ4n) is 5.53. The average molecular weight is 518 g/mol. The maximum atomic E-state index is 14.3. The number of carbonyl (C=O) groups excluding carboxylic acids is 2. The lowest BCUT2D eigenvalue weighted by molar-refractivity contribution is -0.128. The minimum absolute atomic E-state index is 0.0554. The lowest BCUT2D eigenvalue weighted by Gasteiger charge is -2.36. The topological polar surface area (TPSA) is 110 Å². The number of aryl methyl sites for hydroxylation is 1. The molecule has 2 aliphatic rings. The SMILES string of the molecule is Cc1ccncc1C(C(=O)NC1CCCCC1)N(C(=O)[C@H]1C[C@@H](O)CN1C#N)c1ccc(C(C)(C)C)cc1. The van der Waals surface area contributed by atoms with E-state index in [0.29, 0.717) is 11.3 Å². The van der Waals surface area contributed by atoms with Gasteiger partial charge in [-0.15, -0.1) is 0 Å². The molecule has 1 aromatic heterocycles. The number of rotatable bonds is 6. The summed E-state index contributed by atoms with van der Waals surface area (Å²) in [5.41, 5.74) is 3.06. The summed E-state index contributed by atoms with van der Waals surface area (Å²) in [7, 11) is 0. The van der Waals surface area contributed by atoms with E-state index in [1.807, 2.05) is 37.3 Å². The summed E-state index contributed by atoms with van der Waals surface area (Å²) in [6, 6.07) is 7.75. The van der Waals surface area contributed by atoms with Crippen molar-refractivity contribution in [3.05, 3.63) is 59.4 Å². The van der Waals surface area contributed by atoms with Crippen LogP contribution in [-0.2, 0) is 15.0 Å². The zero-order chi connectivity index (χ0) is 27.4. The number of amides is 2. The molecule has 0 bridgehead atoms. The van der Waals surface area contributed by atoms with Gasteiger partial charge in [0.25, 0.3) is 5.91 Å². The number of aromatic nitrogens is 1. The van der Waals surface area contributed by atoms with Gasteiger partial charge in [-0.2, -0.15) is 5.26 Å². The molecular weight excluding hydrogens is 478 g/mol. The summed E-state index contributed by atoms with van der Waals surface area (Å²) in [6.45, 7) is 8.36. The van der Waals surface area contributed by atoms with Gasteiger partial charge in [-0.25, -0.2) is 0 Å². The minimum Gasteiger partial charge on any atom is -0.391 e. The Balaban J connectivity index is 1.82. The van der Waals surface area contributed by atoms with E-state index in [-0.39, 0.29) is 30.3 Å². The Hall–Kier alpha value is -3.44. The monoisotopic (exact) mass is 517 g/mol. The van der Waals surface area contributed by atoms with Crippen molar-refractivity contribution in [2.75, 3.05) is 11.4 Å². The number of β-amino-alcohol motifs (C(OH)–C–C–N with tert-alkyl or cyclic N) is 1. The van der Waals surface area contributed by atoms with Gasteiger partial charge in [0.1, 0.15) is 12.1 Å². The van der Waals surface area contributed by atoms with Crippen LogP contribution in [0.2, 0.25) is 0 Å². The number of nitrogens with one attached hydrogen (secondary N) is 1. The summed E-state index contributed by atoms with van der Waals surface area (Å²) >= 11 is 0. The van der Waals surface area contributed by atoms with Crippen LogP contribution < -0.4 is 10.2 Å². The van der Waals surface area contributed by atoms with Crippen molar-refractivity contribution in [2.45, 2.75) is 95.9 Å². The number of pyridine rings is 1. The van der Waals surface area contributed by atoms with E-state index in [1.54, 1.807) is 12.4 Å². The highest BCUT2D eigenvalue weighted by Crippen LogP contribution is 2.34. The van der Waals surface area contributed by atoms with Crippen LogP contribution >= 0.6 is 0 Å². The molecule has 1 aliphatic carbocycles. The number of aliphatic hydroxyl groups is 1. The molecule has 202 valence electrons. The Morgan fingerprint density at radius 3 is 2.45 bits per heavy atom. The van der Waals surface area contributed by atoms with Crippen LogP contribution in [0.15, 0.2) is 42.7 Å². The molecule has 2 aromatic rings. The van der Waals surface area contributed by atoms with E-state index in [0.717, 1.165) is 43.2 Å². The van der Waals surface area contributed by atoms with Gasteiger partial charge < -0.3 is 10.4 Å². The molecule has 2 amide bonds. The maximum Gasteiger partial charge on any atom is 0.251 e. The largest absolute Gasteiger partial charge is 0.391 e. The third-order valence-corrected chi connectivity index (χ3v) is 7.77. The second-order valence-electron chi connectivity index (χ2n) is 11.6. The Labute approximate surface area is 225 Å². The molecule has 3 atom stereocenters. The highest BCUT2D eigenvalue weighted by molar-refractivity contribution is 6.04. The number of hydrogen-bond donors (Lipinski definition) is 2. The Kier molecular flexibility index (Phi) is 8.37. The van der Waals surface area contributed by atoms with Crippen LogP contribution in [0.25, 0.3) is 0 Å². The van der Waals surface area contributed by atoms with Gasteiger partial charge in [-0.1, -0.05) is 52.2 Å². The number of aliphatic hydroxyl groups excluding tert-OH is 1. The molecule has 2 fully saturated rings. The molecule has 4 rings (SSSR count). The predicted molar refractivity (Wildman–Crippen MR) is 146 cm³/mol. The molecule has 1 unspecified atom stereocenters. The molecule has 0 radical (unpaired) electrons. The van der Waals surface area contributed by atoms with E-state index in [1.165, 1.54) is 9.80 Å². The minimum atomic E-state index is -0.975. The molecular formula is C30H39N5O3. The maximum absolute atomic E-state index is 14.3. The van der Waals surface area contributed by atoms with Gasteiger partial charge >= 0.3 is 0 Å². The number of anilines is 1. The Bertz CT molecular complexity index is 1180. The molecule has 1 saturated heterocycles. The molecule has 1 aliphatic heterocycles. The number of benzene rings is 1. The summed E-state index contributed by atoms with van der Waals surface area (Å²) in [5.74, 6) is -0.651. The van der Waals surface area contributed by atoms with Crippen LogP contribution in [0.3, 0.4) is 0 Å². The molecule has 2 N–H and O–H groups in total. The third-order valence-electron chi connectivity index (χ3n) is 7.77. The smallest absolute Gasteiger partial charge is 0.251 e. The molecule has 0 spiro atoms. The van der Waals surface area contributed by atoms with Crippen molar-refractivity contribution in [2.24, 2.45) is 0 Å². The van der Waals surface area contributed by atoms with E-state index in [4.69, 9.17) is 0 Å². The fourth-order valence-corrected chi connectivity index (χ4v) is 5.53. The molecule has 8 heteroatoms. The first-order valence-corrected chi connectivity index (χ1v) is 13.6. The normalized spacial score (nSPS) is 21.0. The summed E-state index contributed by atoms with van der Waals surface area (Å²) in [5, 5.41) is 23.2. The first-order valence-electron chi connectivity index (χ1n) is 13.6. The number of hydrogen-bond acceptors (Lipinski definition) is 6. The van der Waals surface area contributed by atoms with Gasteiger partial charge in [0.15, 0.2) is 6.19 Å². The second-order valence-corrected chi connectivity index (χ2v) is 11.6. The number of likely N-dealkylation sites (tertiary alicyclic amines) is 1. The van der Waals surface area contributed by atoms with Gasteiger partial charge in [-0.05, 0) is 54.5 Å². The first-order chi connectivity index (χ1) is 18.1. The van der Waals surface area contributed by atoms with Crippen molar-refractivity contribution < 1.29 is 14.7 Å². The van der Waals surface area contributed by atoms with Crippen LogP contribution in [0.4, 0.5) is 5.69 Å². The van der Waals surface area contributed by atoms with Gasteiger partial charge in [0, 0.05) is 36.1 Å². The van der Waals surface area contributed by atoms with Gasteiger partial charge in [0.2, 0.25) is 5.91 Å². The molecule has 8 nitrogen and oxygen atoms in total. The predicted octanol–water partition coefficient (Wildman–Crippen LogP) is 4.13. The van der Waals surface area contributed by atoms with Crippen LogP contribution in [0.1, 0.15) is 82.0 Å². The van der Waals surface area contributed by atoms with Gasteiger partial charge in [0.05, 0.1) is 12.6 Å². The van der Waals surface area contributed by atoms with Gasteiger partial charge in [-0.3, -0.25) is 24.4 Å². The fraction of sp³-hybridized carbons (Fsp3) is 0.533. The van der Waals surface area contributed by atoms with E-state index in [9.17, 15) is 20.0 Å². The quantitative estimate of drug-likeness (QED) is 0.558. The molecule has 1 saturated carbocycles.